The van der Waals surface area contributed by atoms with Crippen LogP contribution in [0.5, 0.6) is 5.75 Å². The summed E-state index contributed by atoms with van der Waals surface area (Å²) in [6, 6.07) is 12.2. The Kier molecular flexibility index (Phi) is 5.83. The maximum atomic E-state index is 13.3. The van der Waals surface area contributed by atoms with Gasteiger partial charge in [0.1, 0.15) is 11.6 Å². The molecule has 3 atom stereocenters. The van der Waals surface area contributed by atoms with E-state index < -0.39 is 5.60 Å². The highest BCUT2D eigenvalue weighted by molar-refractivity contribution is 6.30. The lowest BCUT2D eigenvalue weighted by atomic mass is 9.78. The van der Waals surface area contributed by atoms with Crippen molar-refractivity contribution in [3.8, 4) is 5.75 Å². The van der Waals surface area contributed by atoms with Crippen LogP contribution in [0.1, 0.15) is 68.1 Å². The smallest absolute Gasteiger partial charge is 0.264 e. The molecule has 4 aliphatic rings. The van der Waals surface area contributed by atoms with Gasteiger partial charge in [-0.25, -0.2) is 4.98 Å². The number of aromatic nitrogens is 1. The van der Waals surface area contributed by atoms with Crippen LogP contribution in [0, 0.1) is 0 Å². The normalized spacial score (nSPS) is 26.5. The lowest BCUT2D eigenvalue weighted by molar-refractivity contribution is -0.145. The molecule has 4 fully saturated rings. The lowest BCUT2D eigenvalue weighted by Crippen LogP contribution is -2.60. The van der Waals surface area contributed by atoms with E-state index in [1.54, 1.807) is 18.3 Å². The van der Waals surface area contributed by atoms with E-state index in [9.17, 15) is 9.59 Å². The van der Waals surface area contributed by atoms with Crippen molar-refractivity contribution in [2.24, 2.45) is 0 Å². The number of hydrogen-bond donors (Lipinski definition) is 2. The zero-order valence-electron chi connectivity index (χ0n) is 19.7. The van der Waals surface area contributed by atoms with Crippen molar-refractivity contribution in [2.75, 3.05) is 4.90 Å². The molecular weight excluding hydrogens is 464 g/mol. The highest BCUT2D eigenvalue weighted by Gasteiger charge is 2.49. The van der Waals surface area contributed by atoms with Crippen molar-refractivity contribution in [3.63, 3.8) is 0 Å². The summed E-state index contributed by atoms with van der Waals surface area (Å²) in [4.78, 5) is 32.7. The van der Waals surface area contributed by atoms with Crippen molar-refractivity contribution in [1.82, 2.24) is 15.6 Å². The van der Waals surface area contributed by atoms with Crippen LogP contribution in [0.25, 0.3) is 0 Å². The molecular formula is C27H31ClN4O3. The van der Waals surface area contributed by atoms with Crippen LogP contribution in [0.2, 0.25) is 5.02 Å². The minimum atomic E-state index is -0.775. The number of amides is 2. The first-order valence-corrected chi connectivity index (χ1v) is 13.2. The number of nitrogens with zero attached hydrogens (tertiary/aromatic N) is 2. The molecule has 184 valence electrons. The average Bonchev–Trinajstić information content (AvgIpc) is 3.60. The number of ether oxygens (including phenoxy) is 1. The quantitative estimate of drug-likeness (QED) is 0.601. The number of benzene rings is 1. The summed E-state index contributed by atoms with van der Waals surface area (Å²) in [7, 11) is 0. The van der Waals surface area contributed by atoms with Gasteiger partial charge in [-0.05, 0) is 94.2 Å². The maximum absolute atomic E-state index is 13.3. The SMILES string of the molecule is O=C(NC1CC1)c1ccc(N2[C@@H]3CC[C@H]2CC(NC(=O)C2(Oc4ccc(Cl)cc4)CCC2)C3)nc1. The monoisotopic (exact) mass is 494 g/mol. The Balaban J connectivity index is 1.08. The van der Waals surface area contributed by atoms with Crippen molar-refractivity contribution in [1.29, 1.82) is 0 Å². The van der Waals surface area contributed by atoms with Gasteiger partial charge in [-0.2, -0.15) is 0 Å². The first-order valence-electron chi connectivity index (χ1n) is 12.8. The lowest BCUT2D eigenvalue weighted by Gasteiger charge is -2.44. The van der Waals surface area contributed by atoms with E-state index in [1.807, 2.05) is 24.3 Å². The molecule has 2 aromatic rings. The van der Waals surface area contributed by atoms with Gasteiger partial charge in [0, 0.05) is 35.4 Å². The number of anilines is 1. The van der Waals surface area contributed by atoms with Gasteiger partial charge in [0.05, 0.1) is 5.56 Å². The van der Waals surface area contributed by atoms with Crippen LogP contribution in [0.15, 0.2) is 42.6 Å². The molecule has 2 aliphatic heterocycles. The van der Waals surface area contributed by atoms with E-state index in [1.165, 1.54) is 0 Å². The highest BCUT2D eigenvalue weighted by atomic mass is 35.5. The van der Waals surface area contributed by atoms with Gasteiger partial charge in [-0.3, -0.25) is 9.59 Å². The van der Waals surface area contributed by atoms with E-state index in [-0.39, 0.29) is 17.9 Å². The molecule has 2 saturated carbocycles. The van der Waals surface area contributed by atoms with Gasteiger partial charge in [-0.15, -0.1) is 0 Å². The van der Waals surface area contributed by atoms with Gasteiger partial charge in [0.25, 0.3) is 11.8 Å². The van der Waals surface area contributed by atoms with E-state index in [4.69, 9.17) is 16.3 Å². The second kappa shape index (κ2) is 9.01. The molecule has 7 nitrogen and oxygen atoms in total. The van der Waals surface area contributed by atoms with Crippen LogP contribution in [0.4, 0.5) is 5.82 Å². The molecule has 2 saturated heterocycles. The van der Waals surface area contributed by atoms with Crippen LogP contribution in [-0.2, 0) is 4.79 Å². The second-order valence-corrected chi connectivity index (χ2v) is 10.9. The van der Waals surface area contributed by atoms with Crippen molar-refractivity contribution in [2.45, 2.75) is 87.6 Å². The van der Waals surface area contributed by atoms with E-state index in [0.717, 1.165) is 63.6 Å². The van der Waals surface area contributed by atoms with E-state index in [2.05, 4.69) is 20.5 Å². The number of carbonyl (C=O) groups is 2. The number of carbonyl (C=O) groups excluding carboxylic acids is 2. The first-order chi connectivity index (χ1) is 17.0. The first kappa shape index (κ1) is 22.7. The van der Waals surface area contributed by atoms with Crippen molar-refractivity contribution >= 4 is 29.2 Å². The Morgan fingerprint density at radius 3 is 2.23 bits per heavy atom. The molecule has 35 heavy (non-hydrogen) atoms. The molecule has 8 heteroatoms. The zero-order chi connectivity index (χ0) is 24.0. The molecule has 1 aromatic heterocycles. The molecule has 3 heterocycles. The second-order valence-electron chi connectivity index (χ2n) is 10.5. The largest absolute Gasteiger partial charge is 0.477 e. The summed E-state index contributed by atoms with van der Waals surface area (Å²) in [5.74, 6) is 1.56. The summed E-state index contributed by atoms with van der Waals surface area (Å²) in [6.07, 6.45) is 10.3. The third kappa shape index (κ3) is 4.58. The summed E-state index contributed by atoms with van der Waals surface area (Å²) in [6.45, 7) is 0. The van der Waals surface area contributed by atoms with Crippen LogP contribution in [-0.4, -0.2) is 46.6 Å². The summed E-state index contributed by atoms with van der Waals surface area (Å²) in [5, 5.41) is 6.99. The fourth-order valence-corrected chi connectivity index (χ4v) is 5.88. The summed E-state index contributed by atoms with van der Waals surface area (Å²) < 4.78 is 6.19. The third-order valence-electron chi connectivity index (χ3n) is 7.96. The molecule has 2 N–H and O–H groups in total. The Morgan fingerprint density at radius 2 is 1.66 bits per heavy atom. The topological polar surface area (TPSA) is 83.6 Å². The number of rotatable bonds is 7. The van der Waals surface area contributed by atoms with E-state index in [0.29, 0.717) is 34.5 Å². The minimum Gasteiger partial charge on any atom is -0.477 e. The molecule has 1 aromatic carbocycles. The zero-order valence-corrected chi connectivity index (χ0v) is 20.5. The van der Waals surface area contributed by atoms with Gasteiger partial charge in [-0.1, -0.05) is 11.6 Å². The molecule has 2 bridgehead atoms. The fraction of sp³-hybridized carbons (Fsp3) is 0.519. The van der Waals surface area contributed by atoms with Crippen molar-refractivity contribution in [3.05, 3.63) is 53.2 Å². The predicted octanol–water partition coefficient (Wildman–Crippen LogP) is 4.24. The number of piperidine rings is 1. The Labute approximate surface area is 210 Å². The number of halogens is 1. The standard InChI is InChI=1S/C27H31ClN4O3/c28-18-3-9-23(10-4-18)35-27(12-1-13-27)26(34)31-20-14-21-7-8-22(15-20)32(21)24-11-2-17(16-29-24)25(33)30-19-5-6-19/h2-4,9-11,16,19-22H,1,5-8,12-15H2,(H,30,33)(H,31,34)/t20?,21-,22+. The van der Waals surface area contributed by atoms with Crippen molar-refractivity contribution < 1.29 is 14.3 Å². The van der Waals surface area contributed by atoms with Crippen LogP contribution in [0.3, 0.4) is 0 Å². The molecule has 6 rings (SSSR count). The van der Waals surface area contributed by atoms with Gasteiger partial charge >= 0.3 is 0 Å². The molecule has 1 unspecified atom stereocenters. The molecule has 0 spiro atoms. The van der Waals surface area contributed by atoms with E-state index >= 15 is 0 Å². The number of nitrogens with one attached hydrogen (secondary N) is 2. The number of hydrogen-bond acceptors (Lipinski definition) is 5. The Hall–Kier alpha value is -2.80. The number of fused-ring (bicyclic) bond motifs is 2. The Bertz CT molecular complexity index is 1080. The maximum Gasteiger partial charge on any atom is 0.264 e. The third-order valence-corrected chi connectivity index (χ3v) is 8.21. The summed E-state index contributed by atoms with van der Waals surface area (Å²) >= 11 is 5.99. The average molecular weight is 495 g/mol. The molecule has 2 amide bonds. The Morgan fingerprint density at radius 1 is 0.943 bits per heavy atom. The fourth-order valence-electron chi connectivity index (χ4n) is 5.76. The molecule has 2 aliphatic carbocycles. The van der Waals surface area contributed by atoms with Gasteiger partial charge in [0.2, 0.25) is 0 Å². The van der Waals surface area contributed by atoms with Crippen LogP contribution >= 0.6 is 11.6 Å². The van der Waals surface area contributed by atoms with Gasteiger partial charge in [0.15, 0.2) is 5.60 Å². The van der Waals surface area contributed by atoms with Gasteiger partial charge < -0.3 is 20.3 Å². The number of pyridine rings is 1. The predicted molar refractivity (Wildman–Crippen MR) is 134 cm³/mol. The highest BCUT2D eigenvalue weighted by Crippen LogP contribution is 2.41. The molecule has 0 radical (unpaired) electrons. The summed E-state index contributed by atoms with van der Waals surface area (Å²) in [5.41, 5.74) is -0.163. The minimum absolute atomic E-state index is 0.000651. The van der Waals surface area contributed by atoms with Crippen LogP contribution < -0.4 is 20.3 Å².